The van der Waals surface area contributed by atoms with Crippen LogP contribution in [0.25, 0.3) is 22.0 Å². The maximum atomic E-state index is 12.8. The number of anilines is 1. The van der Waals surface area contributed by atoms with Crippen molar-refractivity contribution in [1.82, 2.24) is 15.2 Å². The van der Waals surface area contributed by atoms with Crippen LogP contribution >= 0.6 is 0 Å². The summed E-state index contributed by atoms with van der Waals surface area (Å²) in [5.41, 5.74) is 2.47. The lowest BCUT2D eigenvalue weighted by Gasteiger charge is -2.28. The Morgan fingerprint density at radius 1 is 1.18 bits per heavy atom. The molecule has 7 nitrogen and oxygen atoms in total. The summed E-state index contributed by atoms with van der Waals surface area (Å²) < 4.78 is 5.46. The van der Waals surface area contributed by atoms with Gasteiger partial charge in [0.2, 0.25) is 5.91 Å². The summed E-state index contributed by atoms with van der Waals surface area (Å²) in [5, 5.41) is 7.65. The van der Waals surface area contributed by atoms with Gasteiger partial charge < -0.3 is 20.3 Å². The Labute approximate surface area is 199 Å². The van der Waals surface area contributed by atoms with E-state index >= 15 is 0 Å². The van der Waals surface area contributed by atoms with Gasteiger partial charge in [0.1, 0.15) is 11.4 Å². The number of carbonyl (C=O) groups excluding carboxylic acids is 2. The Morgan fingerprint density at radius 2 is 1.94 bits per heavy atom. The molecule has 176 valence electrons. The molecule has 0 aliphatic carbocycles. The number of nitrogens with one attached hydrogen (secondary N) is 2. The second kappa shape index (κ2) is 10.5. The molecule has 1 aliphatic heterocycles. The van der Waals surface area contributed by atoms with Crippen LogP contribution in [0.2, 0.25) is 0 Å². The van der Waals surface area contributed by atoms with Crippen molar-refractivity contribution < 1.29 is 14.3 Å². The number of methoxy groups -OCH3 is 1. The molecule has 2 heterocycles. The van der Waals surface area contributed by atoms with Gasteiger partial charge in [0, 0.05) is 17.5 Å². The number of likely N-dealkylation sites (tertiary alicyclic amines) is 1. The highest BCUT2D eigenvalue weighted by Gasteiger charge is 2.18. The summed E-state index contributed by atoms with van der Waals surface area (Å²) in [6.45, 7) is 6.33. The van der Waals surface area contributed by atoms with Gasteiger partial charge >= 0.3 is 0 Å². The largest absolute Gasteiger partial charge is 0.495 e. The van der Waals surface area contributed by atoms with Crippen LogP contribution < -0.4 is 15.4 Å². The number of hydrogen-bond donors (Lipinski definition) is 2. The van der Waals surface area contributed by atoms with Crippen molar-refractivity contribution in [2.24, 2.45) is 5.92 Å². The van der Waals surface area contributed by atoms with Crippen molar-refractivity contribution in [1.29, 1.82) is 0 Å². The number of rotatable bonds is 7. The maximum absolute atomic E-state index is 12.8. The summed E-state index contributed by atoms with van der Waals surface area (Å²) in [6.07, 6.45) is 3.41. The number of amides is 2. The Morgan fingerprint density at radius 3 is 2.68 bits per heavy atom. The third-order valence-corrected chi connectivity index (χ3v) is 6.30. The van der Waals surface area contributed by atoms with Crippen LogP contribution in [0.15, 0.2) is 61.2 Å². The van der Waals surface area contributed by atoms with Crippen molar-refractivity contribution in [3.8, 4) is 17.0 Å². The van der Waals surface area contributed by atoms with Gasteiger partial charge in [0.15, 0.2) is 0 Å². The number of piperidine rings is 1. The van der Waals surface area contributed by atoms with Crippen molar-refractivity contribution >= 4 is 28.3 Å². The standard InChI is InChI=1S/C27H30N4O3/c1-4-25(32)30-26-21-16-20(9-8-19(21)10-11-24(26)34-3)22-6-5-7-23(29-22)27(33)28-17-18-12-14-31(2)15-13-18/h4-11,16,18H,1,12-15,17H2,2-3H3,(H,28,33)(H,30,32). The number of aromatic nitrogens is 1. The minimum atomic E-state index is -0.322. The summed E-state index contributed by atoms with van der Waals surface area (Å²) in [7, 11) is 3.69. The van der Waals surface area contributed by atoms with E-state index in [9.17, 15) is 9.59 Å². The highest BCUT2D eigenvalue weighted by molar-refractivity contribution is 6.08. The second-order valence-corrected chi connectivity index (χ2v) is 8.64. The van der Waals surface area contributed by atoms with Gasteiger partial charge in [-0.15, -0.1) is 0 Å². The van der Waals surface area contributed by atoms with Crippen molar-refractivity contribution in [3.63, 3.8) is 0 Å². The van der Waals surface area contributed by atoms with E-state index in [1.54, 1.807) is 13.2 Å². The maximum Gasteiger partial charge on any atom is 0.269 e. The van der Waals surface area contributed by atoms with E-state index in [0.29, 0.717) is 35.3 Å². The molecule has 1 aliphatic rings. The molecule has 1 saturated heterocycles. The zero-order valence-electron chi connectivity index (χ0n) is 19.6. The summed E-state index contributed by atoms with van der Waals surface area (Å²) in [6, 6.07) is 15.0. The van der Waals surface area contributed by atoms with Gasteiger partial charge in [-0.1, -0.05) is 30.8 Å². The van der Waals surface area contributed by atoms with Crippen molar-refractivity contribution in [3.05, 3.63) is 66.9 Å². The quantitative estimate of drug-likeness (QED) is 0.521. The first-order valence-electron chi connectivity index (χ1n) is 11.5. The SMILES string of the molecule is C=CC(=O)Nc1c(OC)ccc2ccc(-c3cccc(C(=O)NCC4CCN(C)CC4)n3)cc12. The van der Waals surface area contributed by atoms with E-state index in [0.717, 1.165) is 42.3 Å². The van der Waals surface area contributed by atoms with Gasteiger partial charge in [-0.05, 0) is 74.6 Å². The lowest BCUT2D eigenvalue weighted by molar-refractivity contribution is -0.111. The van der Waals surface area contributed by atoms with E-state index in [1.807, 2.05) is 42.5 Å². The summed E-state index contributed by atoms with van der Waals surface area (Å²) in [5.74, 6) is 0.567. The first-order chi connectivity index (χ1) is 16.5. The van der Waals surface area contributed by atoms with E-state index in [4.69, 9.17) is 4.74 Å². The molecule has 0 saturated carbocycles. The molecule has 3 aromatic rings. The molecule has 2 amide bonds. The Kier molecular flexibility index (Phi) is 7.23. The molecule has 1 fully saturated rings. The molecule has 4 rings (SSSR count). The fourth-order valence-corrected chi connectivity index (χ4v) is 4.25. The predicted octanol–water partition coefficient (Wildman–Crippen LogP) is 4.11. The third-order valence-electron chi connectivity index (χ3n) is 6.30. The number of fused-ring (bicyclic) bond motifs is 1. The summed E-state index contributed by atoms with van der Waals surface area (Å²) >= 11 is 0. The number of benzene rings is 2. The summed E-state index contributed by atoms with van der Waals surface area (Å²) in [4.78, 5) is 31.7. The van der Waals surface area contributed by atoms with Crippen LogP contribution in [-0.2, 0) is 4.79 Å². The molecule has 34 heavy (non-hydrogen) atoms. The zero-order valence-corrected chi connectivity index (χ0v) is 19.6. The molecule has 2 aromatic carbocycles. The minimum absolute atomic E-state index is 0.165. The predicted molar refractivity (Wildman–Crippen MR) is 135 cm³/mol. The van der Waals surface area contributed by atoms with Crippen molar-refractivity contribution in [2.75, 3.05) is 39.1 Å². The smallest absolute Gasteiger partial charge is 0.269 e. The normalized spacial score (nSPS) is 14.5. The van der Waals surface area contributed by atoms with Crippen LogP contribution in [0.4, 0.5) is 5.69 Å². The van der Waals surface area contributed by atoms with Gasteiger partial charge in [0.25, 0.3) is 5.91 Å². The van der Waals surface area contributed by atoms with Crippen molar-refractivity contribution in [2.45, 2.75) is 12.8 Å². The lowest BCUT2D eigenvalue weighted by Crippen LogP contribution is -2.37. The van der Waals surface area contributed by atoms with Gasteiger partial charge in [-0.3, -0.25) is 9.59 Å². The van der Waals surface area contributed by atoms with E-state index in [-0.39, 0.29) is 11.8 Å². The lowest BCUT2D eigenvalue weighted by atomic mass is 9.97. The van der Waals surface area contributed by atoms with Crippen LogP contribution in [0.3, 0.4) is 0 Å². The second-order valence-electron chi connectivity index (χ2n) is 8.64. The average molecular weight is 459 g/mol. The molecule has 0 bridgehead atoms. The van der Waals surface area contributed by atoms with E-state index < -0.39 is 0 Å². The Balaban J connectivity index is 1.58. The van der Waals surface area contributed by atoms with E-state index in [2.05, 4.69) is 34.1 Å². The fraction of sp³-hybridized carbons (Fsp3) is 0.296. The molecule has 7 heteroatoms. The van der Waals surface area contributed by atoms with E-state index in [1.165, 1.54) is 6.08 Å². The topological polar surface area (TPSA) is 83.6 Å². The zero-order chi connectivity index (χ0) is 24.1. The van der Waals surface area contributed by atoms with Crippen LogP contribution in [-0.4, -0.2) is 55.5 Å². The monoisotopic (exact) mass is 458 g/mol. The molecule has 0 spiro atoms. The molecular weight excluding hydrogens is 428 g/mol. The molecular formula is C27H30N4O3. The van der Waals surface area contributed by atoms with Gasteiger partial charge in [0.05, 0.1) is 18.5 Å². The molecule has 0 unspecified atom stereocenters. The van der Waals surface area contributed by atoms with Gasteiger partial charge in [-0.25, -0.2) is 4.98 Å². The number of hydrogen-bond acceptors (Lipinski definition) is 5. The number of carbonyl (C=O) groups is 2. The molecule has 2 N–H and O–H groups in total. The van der Waals surface area contributed by atoms with Crippen LogP contribution in [0.5, 0.6) is 5.75 Å². The fourth-order valence-electron chi connectivity index (χ4n) is 4.25. The highest BCUT2D eigenvalue weighted by Crippen LogP contribution is 2.35. The first kappa shape index (κ1) is 23.4. The molecule has 1 aromatic heterocycles. The minimum Gasteiger partial charge on any atom is -0.495 e. The number of nitrogens with zero attached hydrogens (tertiary/aromatic N) is 2. The first-order valence-corrected chi connectivity index (χ1v) is 11.5. The number of pyridine rings is 1. The van der Waals surface area contributed by atoms with Gasteiger partial charge in [-0.2, -0.15) is 0 Å². The molecule has 0 atom stereocenters. The van der Waals surface area contributed by atoms with Crippen LogP contribution in [0, 0.1) is 5.92 Å². The van der Waals surface area contributed by atoms with Crippen LogP contribution in [0.1, 0.15) is 23.3 Å². The third kappa shape index (κ3) is 5.26. The highest BCUT2D eigenvalue weighted by atomic mass is 16.5. The number of ether oxygens (including phenoxy) is 1. The Hall–Kier alpha value is -3.71. The Bertz CT molecular complexity index is 1220. The average Bonchev–Trinajstić information content (AvgIpc) is 2.88. The molecule has 0 radical (unpaired) electrons.